The number of hydrogen-bond donors (Lipinski definition) is 1. The van der Waals surface area contributed by atoms with E-state index < -0.39 is 21.7 Å². The Morgan fingerprint density at radius 1 is 1.33 bits per heavy atom. The molecule has 100 valence electrons. The molecule has 0 saturated heterocycles. The summed E-state index contributed by atoms with van der Waals surface area (Å²) in [5.74, 6) is -1.49. The largest absolute Gasteiger partial charge is 0.468 e. The Hall–Kier alpha value is -1.08. The van der Waals surface area contributed by atoms with Gasteiger partial charge in [-0.05, 0) is 37.1 Å². The van der Waals surface area contributed by atoms with E-state index in [1.54, 1.807) is 12.1 Å². The summed E-state index contributed by atoms with van der Waals surface area (Å²) in [7, 11) is -2.59. The molecule has 18 heavy (non-hydrogen) atoms. The molecule has 0 radical (unpaired) electrons. The first-order chi connectivity index (χ1) is 8.25. The van der Waals surface area contributed by atoms with Crippen LogP contribution in [0, 0.1) is 13.8 Å². The van der Waals surface area contributed by atoms with Crippen LogP contribution in [-0.2, 0) is 19.6 Å². The number of anilines is 1. The Kier molecular flexibility index (Phi) is 4.75. The fourth-order valence-electron chi connectivity index (χ4n) is 1.43. The van der Waals surface area contributed by atoms with Gasteiger partial charge in [0, 0.05) is 10.2 Å². The highest BCUT2D eigenvalue weighted by atomic mass is 79.9. The van der Waals surface area contributed by atoms with Crippen molar-refractivity contribution in [1.82, 2.24) is 0 Å². The van der Waals surface area contributed by atoms with E-state index in [9.17, 15) is 13.2 Å². The number of halogens is 1. The van der Waals surface area contributed by atoms with E-state index in [4.69, 9.17) is 0 Å². The summed E-state index contributed by atoms with van der Waals surface area (Å²) in [6.45, 7) is 3.71. The van der Waals surface area contributed by atoms with Crippen LogP contribution in [0.5, 0.6) is 0 Å². The summed E-state index contributed by atoms with van der Waals surface area (Å²) in [4.78, 5) is 11.0. The van der Waals surface area contributed by atoms with Gasteiger partial charge in [0.1, 0.15) is 0 Å². The predicted octanol–water partition coefficient (Wildman–Crippen LogP) is 1.98. The molecule has 0 amide bonds. The number of methoxy groups -OCH3 is 1. The average molecular weight is 336 g/mol. The zero-order valence-electron chi connectivity index (χ0n) is 10.3. The molecule has 0 heterocycles. The summed E-state index contributed by atoms with van der Waals surface area (Å²) in [5, 5.41) is 0. The third-order valence-electron chi connectivity index (χ3n) is 2.25. The molecule has 0 aliphatic carbocycles. The van der Waals surface area contributed by atoms with E-state index in [-0.39, 0.29) is 0 Å². The maximum atomic E-state index is 11.7. The van der Waals surface area contributed by atoms with Gasteiger partial charge in [0.25, 0.3) is 0 Å². The van der Waals surface area contributed by atoms with Crippen LogP contribution in [-0.4, -0.2) is 27.2 Å². The zero-order valence-corrected chi connectivity index (χ0v) is 12.7. The molecule has 0 saturated carbocycles. The first kappa shape index (κ1) is 15.0. The molecule has 0 unspecified atom stereocenters. The lowest BCUT2D eigenvalue weighted by Crippen LogP contribution is -2.23. The molecule has 0 fully saturated rings. The molecular weight excluding hydrogens is 322 g/mol. The minimum Gasteiger partial charge on any atom is -0.468 e. The summed E-state index contributed by atoms with van der Waals surface area (Å²) in [6, 6.07) is 3.37. The standard InChI is InChI=1S/C11H14BrNO4S/c1-7-4-9(5-8(2)11(7)12)13-18(15,16)6-10(14)17-3/h4-5,13H,6H2,1-3H3. The Morgan fingerprint density at radius 3 is 2.28 bits per heavy atom. The molecule has 7 heteroatoms. The summed E-state index contributed by atoms with van der Waals surface area (Å²) in [5.41, 5.74) is 2.24. The number of sulfonamides is 1. The molecular formula is C11H14BrNO4S. The highest BCUT2D eigenvalue weighted by Gasteiger charge is 2.17. The Labute approximate surface area is 115 Å². The van der Waals surface area contributed by atoms with Crippen molar-refractivity contribution in [3.05, 3.63) is 27.7 Å². The Bertz CT molecular complexity index is 545. The second-order valence-corrected chi connectivity index (χ2v) is 6.38. The van der Waals surface area contributed by atoms with Crippen LogP contribution in [0.1, 0.15) is 11.1 Å². The van der Waals surface area contributed by atoms with Crippen LogP contribution >= 0.6 is 15.9 Å². The fraction of sp³-hybridized carbons (Fsp3) is 0.364. The molecule has 0 spiro atoms. The molecule has 0 atom stereocenters. The normalized spacial score (nSPS) is 11.1. The van der Waals surface area contributed by atoms with Gasteiger partial charge in [-0.2, -0.15) is 0 Å². The van der Waals surface area contributed by atoms with Gasteiger partial charge in [0.15, 0.2) is 5.75 Å². The van der Waals surface area contributed by atoms with Crippen molar-refractivity contribution in [3.63, 3.8) is 0 Å². The van der Waals surface area contributed by atoms with Crippen molar-refractivity contribution in [2.45, 2.75) is 13.8 Å². The minimum absolute atomic E-state index is 0.428. The van der Waals surface area contributed by atoms with Crippen molar-refractivity contribution >= 4 is 37.6 Å². The Balaban J connectivity index is 2.95. The molecule has 5 nitrogen and oxygen atoms in total. The van der Waals surface area contributed by atoms with Gasteiger partial charge >= 0.3 is 5.97 Å². The molecule has 1 aromatic carbocycles. The molecule has 0 aliphatic heterocycles. The van der Waals surface area contributed by atoms with Crippen LogP contribution in [0.15, 0.2) is 16.6 Å². The van der Waals surface area contributed by atoms with Crippen LogP contribution in [0.4, 0.5) is 5.69 Å². The number of aryl methyl sites for hydroxylation is 2. The van der Waals surface area contributed by atoms with Crippen LogP contribution in [0.2, 0.25) is 0 Å². The second kappa shape index (κ2) is 5.71. The van der Waals surface area contributed by atoms with Crippen molar-refractivity contribution in [3.8, 4) is 0 Å². The van der Waals surface area contributed by atoms with E-state index >= 15 is 0 Å². The quantitative estimate of drug-likeness (QED) is 0.854. The van der Waals surface area contributed by atoms with Gasteiger partial charge in [-0.25, -0.2) is 8.42 Å². The summed E-state index contributed by atoms with van der Waals surface area (Å²) < 4.78 is 30.9. The Morgan fingerprint density at radius 2 is 1.83 bits per heavy atom. The number of hydrogen-bond acceptors (Lipinski definition) is 4. The number of benzene rings is 1. The third-order valence-corrected chi connectivity index (χ3v) is 4.66. The highest BCUT2D eigenvalue weighted by molar-refractivity contribution is 9.10. The number of ether oxygens (including phenoxy) is 1. The van der Waals surface area contributed by atoms with Crippen LogP contribution in [0.3, 0.4) is 0 Å². The summed E-state index contributed by atoms with van der Waals surface area (Å²) >= 11 is 3.39. The van der Waals surface area contributed by atoms with Crippen LogP contribution in [0.25, 0.3) is 0 Å². The van der Waals surface area contributed by atoms with E-state index in [0.717, 1.165) is 22.7 Å². The molecule has 0 aromatic heterocycles. The number of esters is 1. The molecule has 1 rings (SSSR count). The van der Waals surface area contributed by atoms with Gasteiger partial charge in [0.05, 0.1) is 7.11 Å². The topological polar surface area (TPSA) is 72.5 Å². The van der Waals surface area contributed by atoms with Crippen molar-refractivity contribution in [2.24, 2.45) is 0 Å². The maximum Gasteiger partial charge on any atom is 0.322 e. The minimum atomic E-state index is -3.73. The van der Waals surface area contributed by atoms with Gasteiger partial charge in [-0.15, -0.1) is 0 Å². The van der Waals surface area contributed by atoms with E-state index in [2.05, 4.69) is 25.4 Å². The van der Waals surface area contributed by atoms with E-state index in [1.165, 1.54) is 0 Å². The van der Waals surface area contributed by atoms with Crippen molar-refractivity contribution < 1.29 is 17.9 Å². The first-order valence-corrected chi connectivity index (χ1v) is 7.54. The number of rotatable bonds is 4. The highest BCUT2D eigenvalue weighted by Crippen LogP contribution is 2.25. The van der Waals surface area contributed by atoms with Crippen molar-refractivity contribution in [2.75, 3.05) is 17.6 Å². The van der Waals surface area contributed by atoms with Gasteiger partial charge in [0.2, 0.25) is 10.0 Å². The second-order valence-electron chi connectivity index (χ2n) is 3.86. The van der Waals surface area contributed by atoms with E-state index in [0.29, 0.717) is 5.69 Å². The maximum absolute atomic E-state index is 11.7. The van der Waals surface area contributed by atoms with Gasteiger partial charge < -0.3 is 4.74 Å². The molecule has 0 bridgehead atoms. The average Bonchev–Trinajstić information content (AvgIpc) is 2.24. The van der Waals surface area contributed by atoms with Crippen molar-refractivity contribution in [1.29, 1.82) is 0 Å². The first-order valence-electron chi connectivity index (χ1n) is 5.09. The smallest absolute Gasteiger partial charge is 0.322 e. The fourth-order valence-corrected chi connectivity index (χ4v) is 2.64. The van der Waals surface area contributed by atoms with Gasteiger partial charge in [-0.1, -0.05) is 15.9 Å². The molecule has 1 N–H and O–H groups in total. The third kappa shape index (κ3) is 3.99. The molecule has 0 aliphatic rings. The number of carbonyl (C=O) groups excluding carboxylic acids is 1. The lowest BCUT2D eigenvalue weighted by Gasteiger charge is -2.10. The predicted molar refractivity (Wildman–Crippen MR) is 73.0 cm³/mol. The monoisotopic (exact) mass is 335 g/mol. The van der Waals surface area contributed by atoms with E-state index in [1.807, 2.05) is 13.8 Å². The zero-order chi connectivity index (χ0) is 13.9. The lowest BCUT2D eigenvalue weighted by molar-refractivity contribution is -0.137. The summed E-state index contributed by atoms with van der Waals surface area (Å²) in [6.07, 6.45) is 0. The number of carbonyl (C=O) groups is 1. The van der Waals surface area contributed by atoms with Crippen LogP contribution < -0.4 is 4.72 Å². The van der Waals surface area contributed by atoms with Gasteiger partial charge in [-0.3, -0.25) is 9.52 Å². The SMILES string of the molecule is COC(=O)CS(=O)(=O)Nc1cc(C)c(Br)c(C)c1. The molecule has 1 aromatic rings. The lowest BCUT2D eigenvalue weighted by atomic mass is 10.1. The number of nitrogens with one attached hydrogen (secondary N) is 1.